The van der Waals surface area contributed by atoms with Crippen LogP contribution in [0.15, 0.2) is 53.7 Å². The van der Waals surface area contributed by atoms with E-state index in [1.54, 1.807) is 23.9 Å². The van der Waals surface area contributed by atoms with E-state index in [1.807, 2.05) is 0 Å². The van der Waals surface area contributed by atoms with E-state index in [2.05, 4.69) is 51.1 Å². The molecular weight excluding hydrogens is 420 g/mol. The molecule has 3 aromatic rings. The average Bonchev–Trinajstić information content (AvgIpc) is 3.41. The summed E-state index contributed by atoms with van der Waals surface area (Å²) in [5, 5.41) is 0. The fourth-order valence-electron chi connectivity index (χ4n) is 4.38. The van der Waals surface area contributed by atoms with Crippen molar-refractivity contribution in [3.05, 3.63) is 64.8 Å². The Morgan fingerprint density at radius 2 is 1.97 bits per heavy atom. The van der Waals surface area contributed by atoms with E-state index in [9.17, 15) is 4.79 Å². The van der Waals surface area contributed by atoms with Crippen LogP contribution in [0.4, 0.5) is 11.6 Å². The van der Waals surface area contributed by atoms with Crippen molar-refractivity contribution >= 4 is 11.6 Å². The molecule has 9 heteroatoms. The van der Waals surface area contributed by atoms with Gasteiger partial charge in [-0.3, -0.25) is 9.36 Å². The predicted octanol–water partition coefficient (Wildman–Crippen LogP) is 2.04. The lowest BCUT2D eigenvalue weighted by Gasteiger charge is -2.35. The zero-order chi connectivity index (χ0) is 22.8. The second kappa shape index (κ2) is 9.29. The Labute approximate surface area is 192 Å². The zero-order valence-electron chi connectivity index (χ0n) is 18.9. The second-order valence-electron chi connectivity index (χ2n) is 8.46. The average molecular weight is 449 g/mol. The first-order chi connectivity index (χ1) is 16.1. The molecule has 2 aromatic heterocycles. The smallest absolute Gasteiger partial charge is 0.255 e. The Kier molecular flexibility index (Phi) is 6.06. The summed E-state index contributed by atoms with van der Waals surface area (Å²) in [6.45, 7) is 3.43. The molecule has 2 aliphatic rings. The third-order valence-corrected chi connectivity index (χ3v) is 6.43. The Balaban J connectivity index is 1.36. The number of ether oxygens (including phenoxy) is 2. The number of morpholine rings is 1. The van der Waals surface area contributed by atoms with Gasteiger partial charge in [0, 0.05) is 45.2 Å². The molecule has 1 aromatic carbocycles. The monoisotopic (exact) mass is 448 g/mol. The Morgan fingerprint density at radius 1 is 1.12 bits per heavy atom. The molecule has 172 valence electrons. The summed E-state index contributed by atoms with van der Waals surface area (Å²) in [5.74, 6) is 0.613. The predicted molar refractivity (Wildman–Crippen MR) is 125 cm³/mol. The van der Waals surface area contributed by atoms with Crippen molar-refractivity contribution < 1.29 is 9.47 Å². The van der Waals surface area contributed by atoms with E-state index in [4.69, 9.17) is 14.5 Å². The van der Waals surface area contributed by atoms with Crippen LogP contribution in [-0.4, -0.2) is 65.5 Å². The van der Waals surface area contributed by atoms with Gasteiger partial charge < -0.3 is 19.3 Å². The van der Waals surface area contributed by atoms with E-state index in [-0.39, 0.29) is 11.7 Å². The Bertz CT molecular complexity index is 1150. The normalized spacial score (nSPS) is 20.7. The zero-order valence-corrected chi connectivity index (χ0v) is 18.9. The van der Waals surface area contributed by atoms with Crippen LogP contribution in [-0.2, 0) is 16.5 Å². The van der Waals surface area contributed by atoms with Crippen molar-refractivity contribution in [3.63, 3.8) is 0 Å². The first-order valence-electron chi connectivity index (χ1n) is 11.2. The fourth-order valence-corrected chi connectivity index (χ4v) is 4.38. The number of anilines is 2. The summed E-state index contributed by atoms with van der Waals surface area (Å²) in [4.78, 5) is 30.0. The molecular formula is C24H28N6O3. The summed E-state index contributed by atoms with van der Waals surface area (Å²) in [5.41, 5.74) is 3.32. The maximum Gasteiger partial charge on any atom is 0.255 e. The molecule has 33 heavy (non-hydrogen) atoms. The SMILES string of the molecule is CN(c1ccc([C@H]2CN(c3nc(-c4ccncn4)cc(=O)n3C)CCO2)cc1)[C@@H]1CCOC1. The summed E-state index contributed by atoms with van der Waals surface area (Å²) in [6.07, 6.45) is 4.05. The maximum absolute atomic E-state index is 12.6. The topological polar surface area (TPSA) is 85.6 Å². The fraction of sp³-hybridized carbons (Fsp3) is 0.417. The molecule has 9 nitrogen and oxygen atoms in total. The largest absolute Gasteiger partial charge is 0.379 e. The first-order valence-corrected chi connectivity index (χ1v) is 11.2. The lowest BCUT2D eigenvalue weighted by molar-refractivity contribution is 0.0390. The van der Waals surface area contributed by atoms with Gasteiger partial charge in [-0.25, -0.2) is 15.0 Å². The molecule has 0 unspecified atom stereocenters. The van der Waals surface area contributed by atoms with Gasteiger partial charge in [0.25, 0.3) is 5.56 Å². The van der Waals surface area contributed by atoms with Gasteiger partial charge in [0.2, 0.25) is 5.95 Å². The van der Waals surface area contributed by atoms with Crippen LogP contribution in [0, 0.1) is 0 Å². The summed E-state index contributed by atoms with van der Waals surface area (Å²) in [6, 6.07) is 12.2. The second-order valence-corrected chi connectivity index (χ2v) is 8.46. The van der Waals surface area contributed by atoms with Crippen molar-refractivity contribution in [3.8, 4) is 11.4 Å². The van der Waals surface area contributed by atoms with Crippen LogP contribution < -0.4 is 15.4 Å². The molecule has 0 N–H and O–H groups in total. The highest BCUT2D eigenvalue weighted by Gasteiger charge is 2.26. The summed E-state index contributed by atoms with van der Waals surface area (Å²) >= 11 is 0. The highest BCUT2D eigenvalue weighted by Crippen LogP contribution is 2.28. The first kappa shape index (κ1) is 21.5. The Hall–Kier alpha value is -3.30. The van der Waals surface area contributed by atoms with Crippen LogP contribution in [0.2, 0.25) is 0 Å². The van der Waals surface area contributed by atoms with Crippen LogP contribution in [0.25, 0.3) is 11.4 Å². The van der Waals surface area contributed by atoms with Gasteiger partial charge >= 0.3 is 0 Å². The highest BCUT2D eigenvalue weighted by atomic mass is 16.5. The number of hydrogen-bond acceptors (Lipinski definition) is 8. The molecule has 5 rings (SSSR count). The number of nitrogens with zero attached hydrogens (tertiary/aromatic N) is 6. The number of benzene rings is 1. The molecule has 2 saturated heterocycles. The molecule has 0 saturated carbocycles. The molecule has 0 amide bonds. The number of rotatable bonds is 5. The lowest BCUT2D eigenvalue weighted by Crippen LogP contribution is -2.41. The Morgan fingerprint density at radius 3 is 2.70 bits per heavy atom. The molecule has 2 atom stereocenters. The number of aromatic nitrogens is 4. The molecule has 0 radical (unpaired) electrons. The van der Waals surface area contributed by atoms with E-state index in [1.165, 1.54) is 18.1 Å². The van der Waals surface area contributed by atoms with Crippen molar-refractivity contribution in [2.45, 2.75) is 18.6 Å². The van der Waals surface area contributed by atoms with Crippen molar-refractivity contribution in [2.75, 3.05) is 49.8 Å². The minimum atomic E-state index is -0.125. The van der Waals surface area contributed by atoms with Gasteiger partial charge in [0.15, 0.2) is 0 Å². The van der Waals surface area contributed by atoms with Gasteiger partial charge in [0.1, 0.15) is 12.4 Å². The van der Waals surface area contributed by atoms with Gasteiger partial charge in [-0.15, -0.1) is 0 Å². The van der Waals surface area contributed by atoms with Gasteiger partial charge in [0.05, 0.1) is 37.2 Å². The standard InChI is InChI=1S/C24H28N6O3/c1-28(19-8-11-32-15-19)18-5-3-17(4-6-18)22-14-30(10-12-33-22)24-27-21(13-23(31)29(24)2)20-7-9-25-16-26-20/h3-7,9,13,16,19,22H,8,10-12,14-15H2,1-2H3/t19-,22-/m1/s1. The lowest BCUT2D eigenvalue weighted by atomic mass is 10.1. The summed E-state index contributed by atoms with van der Waals surface area (Å²) < 4.78 is 13.2. The molecule has 4 heterocycles. The van der Waals surface area contributed by atoms with Crippen LogP contribution in [0.5, 0.6) is 0 Å². The molecule has 2 fully saturated rings. The van der Waals surface area contributed by atoms with E-state index >= 15 is 0 Å². The molecule has 0 bridgehead atoms. The minimum Gasteiger partial charge on any atom is -0.379 e. The van der Waals surface area contributed by atoms with Crippen molar-refractivity contribution in [2.24, 2.45) is 7.05 Å². The quantitative estimate of drug-likeness (QED) is 0.586. The molecule has 0 spiro atoms. The number of likely N-dealkylation sites (N-methyl/N-ethyl adjacent to an activating group) is 1. The highest BCUT2D eigenvalue weighted by molar-refractivity contribution is 5.55. The summed E-state index contributed by atoms with van der Waals surface area (Å²) in [7, 11) is 3.86. The molecule has 2 aliphatic heterocycles. The van der Waals surface area contributed by atoms with Crippen LogP contribution >= 0.6 is 0 Å². The minimum absolute atomic E-state index is 0.104. The maximum atomic E-state index is 12.6. The number of hydrogen-bond donors (Lipinski definition) is 0. The van der Waals surface area contributed by atoms with E-state index in [0.717, 1.165) is 25.2 Å². The van der Waals surface area contributed by atoms with Gasteiger partial charge in [-0.05, 0) is 30.2 Å². The third kappa shape index (κ3) is 4.46. The van der Waals surface area contributed by atoms with E-state index < -0.39 is 0 Å². The third-order valence-electron chi connectivity index (χ3n) is 6.43. The van der Waals surface area contributed by atoms with Gasteiger partial charge in [-0.1, -0.05) is 12.1 Å². The van der Waals surface area contributed by atoms with Gasteiger partial charge in [-0.2, -0.15) is 0 Å². The van der Waals surface area contributed by atoms with Crippen LogP contribution in [0.1, 0.15) is 18.1 Å². The van der Waals surface area contributed by atoms with E-state index in [0.29, 0.717) is 43.1 Å². The van der Waals surface area contributed by atoms with Crippen molar-refractivity contribution in [1.29, 1.82) is 0 Å². The van der Waals surface area contributed by atoms with Crippen LogP contribution in [0.3, 0.4) is 0 Å². The van der Waals surface area contributed by atoms with Crippen molar-refractivity contribution in [1.82, 2.24) is 19.5 Å². The molecule has 0 aliphatic carbocycles.